The number of carbonyl (C=O) groups is 1. The second-order valence-corrected chi connectivity index (χ2v) is 6.30. The second-order valence-electron chi connectivity index (χ2n) is 4.52. The normalized spacial score (nSPS) is 16.0. The highest BCUT2D eigenvalue weighted by Crippen LogP contribution is 2.29. The van der Waals surface area contributed by atoms with Crippen LogP contribution in [-0.2, 0) is 16.6 Å². The van der Waals surface area contributed by atoms with E-state index < -0.39 is 15.9 Å². The van der Waals surface area contributed by atoms with E-state index in [1.54, 1.807) is 13.0 Å². The number of anilines is 1. The van der Waals surface area contributed by atoms with Gasteiger partial charge in [-0.1, -0.05) is 0 Å². The lowest BCUT2D eigenvalue weighted by Gasteiger charge is -2.13. The Bertz CT molecular complexity index is 829. The molecule has 0 aliphatic carbocycles. The number of pyridine rings is 1. The Morgan fingerprint density at radius 3 is 2.76 bits per heavy atom. The molecule has 0 saturated heterocycles. The molecule has 1 aliphatic rings. The monoisotopic (exact) mass is 305 g/mol. The number of nitrogens with two attached hydrogens (primary N) is 1. The molecule has 2 aromatic heterocycles. The van der Waals surface area contributed by atoms with Crippen LogP contribution in [0.25, 0.3) is 0 Å². The van der Waals surface area contributed by atoms with Crippen molar-refractivity contribution >= 4 is 21.7 Å². The number of aromatic nitrogens is 3. The van der Waals surface area contributed by atoms with Crippen molar-refractivity contribution in [3.05, 3.63) is 41.5 Å². The molecule has 0 saturated carbocycles. The lowest BCUT2D eigenvalue weighted by molar-refractivity contribution is 0.0862. The van der Waals surface area contributed by atoms with Gasteiger partial charge >= 0.3 is 0 Å². The zero-order valence-corrected chi connectivity index (χ0v) is 11.8. The van der Waals surface area contributed by atoms with Crippen LogP contribution >= 0.6 is 0 Å². The van der Waals surface area contributed by atoms with E-state index in [0.29, 0.717) is 10.00 Å². The predicted octanol–water partition coefficient (Wildman–Crippen LogP) is 0.107. The van der Waals surface area contributed by atoms with Gasteiger partial charge in [-0.05, 0) is 19.1 Å². The average Bonchev–Trinajstić information content (AvgIpc) is 2.60. The van der Waals surface area contributed by atoms with Crippen molar-refractivity contribution in [2.24, 2.45) is 0 Å². The molecular weight excluding hydrogens is 294 g/mol. The Morgan fingerprint density at radius 1 is 1.33 bits per heavy atom. The van der Waals surface area contributed by atoms with Crippen LogP contribution in [0.2, 0.25) is 0 Å². The molecule has 21 heavy (non-hydrogen) atoms. The van der Waals surface area contributed by atoms with Crippen molar-refractivity contribution < 1.29 is 13.2 Å². The van der Waals surface area contributed by atoms with E-state index in [0.717, 1.165) is 0 Å². The van der Waals surface area contributed by atoms with Crippen molar-refractivity contribution in [2.75, 3.05) is 5.73 Å². The van der Waals surface area contributed by atoms with Crippen molar-refractivity contribution in [3.63, 3.8) is 0 Å². The van der Waals surface area contributed by atoms with Crippen LogP contribution in [0.3, 0.4) is 0 Å². The highest BCUT2D eigenvalue weighted by Gasteiger charge is 2.42. The fraction of sp³-hybridized carbons (Fsp3) is 0.167. The maximum absolute atomic E-state index is 12.3. The lowest BCUT2D eigenvalue weighted by Crippen LogP contribution is -2.30. The number of sulfonamides is 1. The Hall–Kier alpha value is -2.55. The van der Waals surface area contributed by atoms with E-state index in [2.05, 4.69) is 15.0 Å². The summed E-state index contributed by atoms with van der Waals surface area (Å²) >= 11 is 0. The number of rotatable bonds is 2. The van der Waals surface area contributed by atoms with Crippen LogP contribution in [0.1, 0.15) is 21.9 Å². The third-order valence-corrected chi connectivity index (χ3v) is 4.66. The molecule has 2 aromatic rings. The van der Waals surface area contributed by atoms with Gasteiger partial charge in [-0.3, -0.25) is 4.79 Å². The predicted molar refractivity (Wildman–Crippen MR) is 72.5 cm³/mol. The van der Waals surface area contributed by atoms with Gasteiger partial charge in [0.2, 0.25) is 0 Å². The summed E-state index contributed by atoms with van der Waals surface area (Å²) in [7, 11) is -3.97. The number of hydrogen-bond donors (Lipinski definition) is 1. The number of nitrogen functional groups attached to an aromatic ring is 1. The molecule has 0 fully saturated rings. The van der Waals surface area contributed by atoms with Crippen molar-refractivity contribution in [2.45, 2.75) is 18.5 Å². The molecule has 0 aromatic carbocycles. The summed E-state index contributed by atoms with van der Waals surface area (Å²) in [6, 6.07) is 4.49. The molecule has 3 rings (SSSR count). The number of fused-ring (bicyclic) bond motifs is 1. The molecule has 0 spiro atoms. The molecule has 1 aliphatic heterocycles. The smallest absolute Gasteiger partial charge is 0.285 e. The lowest BCUT2D eigenvalue weighted by atomic mass is 10.2. The third kappa shape index (κ3) is 2.11. The van der Waals surface area contributed by atoms with Crippen molar-refractivity contribution in [1.82, 2.24) is 19.3 Å². The van der Waals surface area contributed by atoms with Crippen LogP contribution in [0.4, 0.5) is 5.82 Å². The Kier molecular flexibility index (Phi) is 2.87. The summed E-state index contributed by atoms with van der Waals surface area (Å²) in [5, 5.41) is -0.240. The summed E-state index contributed by atoms with van der Waals surface area (Å²) < 4.78 is 25.4. The van der Waals surface area contributed by atoms with Crippen LogP contribution in [-0.4, -0.2) is 33.6 Å². The van der Waals surface area contributed by atoms with Gasteiger partial charge in [0.1, 0.15) is 5.82 Å². The Balaban J connectivity index is 2.03. The quantitative estimate of drug-likeness (QED) is 0.836. The molecule has 1 amide bonds. The maximum atomic E-state index is 12.3. The average molecular weight is 305 g/mol. The minimum absolute atomic E-state index is 0.0538. The van der Waals surface area contributed by atoms with Crippen LogP contribution in [0, 0.1) is 6.92 Å². The molecule has 9 heteroatoms. The first-order valence-electron chi connectivity index (χ1n) is 6.02. The molecule has 0 atom stereocenters. The van der Waals surface area contributed by atoms with Gasteiger partial charge in [0.15, 0.2) is 10.9 Å². The SMILES string of the molecule is Cc1cc(N)nc(CN2C(=O)c3cccnc3S2(=O)=O)n1. The summed E-state index contributed by atoms with van der Waals surface area (Å²) in [5.41, 5.74) is 6.25. The van der Waals surface area contributed by atoms with E-state index in [1.807, 2.05) is 0 Å². The van der Waals surface area contributed by atoms with Crippen molar-refractivity contribution in [3.8, 4) is 0 Å². The fourth-order valence-electron chi connectivity index (χ4n) is 2.12. The highest BCUT2D eigenvalue weighted by molar-refractivity contribution is 7.90. The van der Waals surface area contributed by atoms with E-state index in [-0.39, 0.29) is 28.8 Å². The summed E-state index contributed by atoms with van der Waals surface area (Å²) in [6.07, 6.45) is 1.33. The molecule has 0 unspecified atom stereocenters. The number of amides is 1. The van der Waals surface area contributed by atoms with Gasteiger partial charge in [-0.15, -0.1) is 0 Å². The Labute approximate surface area is 120 Å². The molecular formula is C12H11N5O3S. The maximum Gasteiger partial charge on any atom is 0.285 e. The van der Waals surface area contributed by atoms with Gasteiger partial charge in [0, 0.05) is 18.0 Å². The summed E-state index contributed by atoms with van der Waals surface area (Å²) in [6.45, 7) is 1.43. The molecule has 3 heterocycles. The molecule has 0 radical (unpaired) electrons. The molecule has 8 nitrogen and oxygen atoms in total. The van der Waals surface area contributed by atoms with Gasteiger partial charge in [-0.25, -0.2) is 19.3 Å². The van der Waals surface area contributed by atoms with Crippen LogP contribution < -0.4 is 5.73 Å². The third-order valence-electron chi connectivity index (χ3n) is 2.97. The number of hydrogen-bond acceptors (Lipinski definition) is 7. The highest BCUT2D eigenvalue weighted by atomic mass is 32.2. The first-order valence-corrected chi connectivity index (χ1v) is 7.46. The minimum atomic E-state index is -3.97. The first kappa shape index (κ1) is 13.4. The first-order chi connectivity index (χ1) is 9.89. The Morgan fingerprint density at radius 2 is 2.10 bits per heavy atom. The number of nitrogens with zero attached hydrogens (tertiary/aromatic N) is 4. The zero-order chi connectivity index (χ0) is 15.2. The summed E-state index contributed by atoms with van der Waals surface area (Å²) in [4.78, 5) is 24.0. The number of aryl methyl sites for hydroxylation is 1. The van der Waals surface area contributed by atoms with Gasteiger partial charge < -0.3 is 5.73 Å². The number of carbonyl (C=O) groups excluding carboxylic acids is 1. The second kappa shape index (κ2) is 4.48. The largest absolute Gasteiger partial charge is 0.384 e. The molecule has 2 N–H and O–H groups in total. The van der Waals surface area contributed by atoms with Crippen molar-refractivity contribution in [1.29, 1.82) is 0 Å². The van der Waals surface area contributed by atoms with Crippen LogP contribution in [0.15, 0.2) is 29.4 Å². The van der Waals surface area contributed by atoms with Crippen LogP contribution in [0.5, 0.6) is 0 Å². The topological polar surface area (TPSA) is 119 Å². The van der Waals surface area contributed by atoms with E-state index >= 15 is 0 Å². The standard InChI is InChI=1S/C12H11N5O3S/c1-7-5-9(13)16-10(15-7)6-17-12(18)8-3-2-4-14-11(8)21(17,19)20/h2-5H,6H2,1H3,(H2,13,15,16). The van der Waals surface area contributed by atoms with E-state index in [1.165, 1.54) is 18.3 Å². The zero-order valence-electron chi connectivity index (χ0n) is 11.0. The molecule has 108 valence electrons. The minimum Gasteiger partial charge on any atom is -0.384 e. The summed E-state index contributed by atoms with van der Waals surface area (Å²) in [5.74, 6) is -0.254. The van der Waals surface area contributed by atoms with E-state index in [4.69, 9.17) is 5.73 Å². The van der Waals surface area contributed by atoms with E-state index in [9.17, 15) is 13.2 Å². The fourth-order valence-corrected chi connectivity index (χ4v) is 3.56. The van der Waals surface area contributed by atoms with Gasteiger partial charge in [0.25, 0.3) is 15.9 Å². The van der Waals surface area contributed by atoms with Gasteiger partial charge in [-0.2, -0.15) is 8.42 Å². The molecule has 0 bridgehead atoms. The van der Waals surface area contributed by atoms with Gasteiger partial charge in [0.05, 0.1) is 12.1 Å².